The van der Waals surface area contributed by atoms with E-state index in [9.17, 15) is 0 Å². The van der Waals surface area contributed by atoms with Gasteiger partial charge < -0.3 is 0 Å². The molecule has 0 amide bonds. The van der Waals surface area contributed by atoms with Crippen molar-refractivity contribution in [3.05, 3.63) is 64.0 Å². The van der Waals surface area contributed by atoms with E-state index in [1.54, 1.807) is 0 Å². The van der Waals surface area contributed by atoms with E-state index in [0.29, 0.717) is 0 Å². The van der Waals surface area contributed by atoms with E-state index in [0.717, 1.165) is 0 Å². The van der Waals surface area contributed by atoms with Crippen LogP contribution in [-0.4, -0.2) is 19.4 Å². The van der Waals surface area contributed by atoms with Gasteiger partial charge in [-0.25, -0.2) is 0 Å². The summed E-state index contributed by atoms with van der Waals surface area (Å²) in [6, 6.07) is 8.01. The Kier molecular flexibility index (Phi) is 4.51. The van der Waals surface area contributed by atoms with Crippen molar-refractivity contribution in [1.29, 1.82) is 0 Å². The van der Waals surface area contributed by atoms with E-state index in [2.05, 4.69) is 96.0 Å². The second-order valence-corrected chi connectivity index (χ2v) is 13.8. The third-order valence-corrected chi connectivity index (χ3v) is 6.70. The first-order chi connectivity index (χ1) is 10.4. The Hall–Kier alpha value is -1.54. The van der Waals surface area contributed by atoms with Gasteiger partial charge in [-0.3, -0.25) is 4.58 Å². The van der Waals surface area contributed by atoms with Crippen molar-refractivity contribution in [1.82, 2.24) is 0 Å². The third-order valence-electron chi connectivity index (χ3n) is 4.56. The summed E-state index contributed by atoms with van der Waals surface area (Å²) in [7, 11) is -1.35. The molecule has 0 saturated heterocycles. The quantitative estimate of drug-likeness (QED) is 0.378. The van der Waals surface area contributed by atoms with Gasteiger partial charge in [-0.1, -0.05) is 89.2 Å². The molecule has 0 atom stereocenters. The molecule has 0 fully saturated rings. The van der Waals surface area contributed by atoms with Crippen LogP contribution in [0.25, 0.3) is 0 Å². The van der Waals surface area contributed by atoms with Crippen LogP contribution >= 0.6 is 0 Å². The van der Waals surface area contributed by atoms with Gasteiger partial charge in [-0.2, -0.15) is 0 Å². The van der Waals surface area contributed by atoms with Crippen molar-refractivity contribution >= 4 is 14.8 Å². The lowest BCUT2D eigenvalue weighted by molar-refractivity contribution is -0.418. The van der Waals surface area contributed by atoms with Gasteiger partial charge in [-0.15, -0.1) is 0 Å². The zero-order valence-electron chi connectivity index (χ0n) is 16.0. The molecule has 2 heteroatoms. The molecule has 0 spiro atoms. The Bertz CT molecular complexity index is 694. The summed E-state index contributed by atoms with van der Waals surface area (Å²) in [6.07, 6.45) is 4.56. The summed E-state index contributed by atoms with van der Waals surface area (Å²) in [4.78, 5) is 0. The average Bonchev–Trinajstić information content (AvgIpc) is 2.39. The summed E-state index contributed by atoms with van der Waals surface area (Å²) in [6.45, 7) is 22.7. The van der Waals surface area contributed by atoms with E-state index >= 15 is 0 Å². The van der Waals surface area contributed by atoms with Crippen LogP contribution in [0.2, 0.25) is 19.6 Å². The predicted octanol–water partition coefficient (Wildman–Crippen LogP) is 5.61. The molecule has 2 rings (SSSR count). The van der Waals surface area contributed by atoms with Gasteiger partial charge in [0.25, 0.3) is 0 Å². The Morgan fingerprint density at radius 1 is 1.09 bits per heavy atom. The topological polar surface area (TPSA) is 3.01 Å². The number of rotatable bonds is 2. The lowest BCUT2D eigenvalue weighted by Crippen LogP contribution is -2.30. The first kappa shape index (κ1) is 17.8. The molecule has 124 valence electrons. The van der Waals surface area contributed by atoms with Gasteiger partial charge in [0.15, 0.2) is 0 Å². The molecule has 1 aliphatic rings. The molecule has 23 heavy (non-hydrogen) atoms. The average molecular weight is 326 g/mol. The summed E-state index contributed by atoms with van der Waals surface area (Å²) in [5.74, 6) is 0. The van der Waals surface area contributed by atoms with E-state index in [1.807, 2.05) is 0 Å². The molecule has 0 saturated carbocycles. The molecule has 0 aromatic heterocycles. The zero-order valence-corrected chi connectivity index (χ0v) is 17.0. The monoisotopic (exact) mass is 325 g/mol. The molecular formula is C21H31NSi. The van der Waals surface area contributed by atoms with Gasteiger partial charge in [0, 0.05) is 0 Å². The smallest absolute Gasteiger partial charge is 0.147 e. The lowest BCUT2D eigenvalue weighted by Gasteiger charge is -2.30. The van der Waals surface area contributed by atoms with Crippen molar-refractivity contribution in [2.24, 2.45) is 0 Å². The van der Waals surface area contributed by atoms with Crippen molar-refractivity contribution in [3.63, 3.8) is 0 Å². The highest BCUT2D eigenvalue weighted by Gasteiger charge is 2.28. The first-order valence-electron chi connectivity index (χ1n) is 8.40. The number of allylic oxidation sites excluding steroid dienone is 2. The maximum Gasteiger partial charge on any atom is 0.147 e. The number of aryl methyl sites for hydroxylation is 1. The normalized spacial score (nSPS) is 16.3. The van der Waals surface area contributed by atoms with E-state index in [1.165, 1.54) is 33.5 Å². The van der Waals surface area contributed by atoms with Crippen LogP contribution in [0, 0.1) is 13.0 Å². The maximum atomic E-state index is 4.28. The van der Waals surface area contributed by atoms with Crippen molar-refractivity contribution in [2.45, 2.75) is 59.7 Å². The summed E-state index contributed by atoms with van der Waals surface area (Å²) >= 11 is 0. The highest BCUT2D eigenvalue weighted by atomic mass is 28.3. The Balaban J connectivity index is 2.49. The Labute approximate surface area is 143 Å². The van der Waals surface area contributed by atoms with Crippen LogP contribution in [-0.2, 0) is 5.41 Å². The SMILES string of the molecule is C=[N+]1C=C([Si](C)(C)C)C(C)=C[C-]1c1cc(C(C)(C)C)ccc1C. The molecule has 1 aromatic rings. The second kappa shape index (κ2) is 5.83. The minimum Gasteiger partial charge on any atom is -0.255 e. The van der Waals surface area contributed by atoms with Crippen molar-refractivity contribution in [2.75, 3.05) is 0 Å². The van der Waals surface area contributed by atoms with Crippen molar-refractivity contribution < 1.29 is 4.58 Å². The largest absolute Gasteiger partial charge is 0.255 e. The molecule has 1 nitrogen and oxygen atoms in total. The molecule has 1 heterocycles. The molecule has 0 aliphatic carbocycles. The number of benzene rings is 1. The minimum atomic E-state index is -1.35. The van der Waals surface area contributed by atoms with Crippen LogP contribution in [0.5, 0.6) is 0 Å². The van der Waals surface area contributed by atoms with Crippen LogP contribution in [0.1, 0.15) is 44.4 Å². The fourth-order valence-electron chi connectivity index (χ4n) is 3.08. The van der Waals surface area contributed by atoms with Gasteiger partial charge >= 0.3 is 0 Å². The summed E-state index contributed by atoms with van der Waals surface area (Å²) < 4.78 is 2.06. The molecular weight excluding hydrogens is 294 g/mol. The standard InChI is InChI=1S/C21H31NSi/c1-15-10-11-17(21(3,4)5)13-18(15)19-12-16(2)20(14-22(19)6)23(7,8)9/h10-14H,6H2,1-5,7-9H3. The highest BCUT2D eigenvalue weighted by molar-refractivity contribution is 6.84. The molecule has 0 bridgehead atoms. The highest BCUT2D eigenvalue weighted by Crippen LogP contribution is 2.34. The second-order valence-electron chi connectivity index (χ2n) is 8.75. The van der Waals surface area contributed by atoms with E-state index in [4.69, 9.17) is 0 Å². The first-order valence-corrected chi connectivity index (χ1v) is 11.9. The Morgan fingerprint density at radius 3 is 2.22 bits per heavy atom. The van der Waals surface area contributed by atoms with Gasteiger partial charge in [-0.05, 0) is 22.3 Å². The fraction of sp³-hybridized carbons (Fsp3) is 0.429. The fourth-order valence-corrected chi connectivity index (χ4v) is 4.87. The van der Waals surface area contributed by atoms with Gasteiger partial charge in [0.1, 0.15) is 12.2 Å². The summed E-state index contributed by atoms with van der Waals surface area (Å²) in [5, 5.41) is 1.49. The summed E-state index contributed by atoms with van der Waals surface area (Å²) in [5.41, 5.74) is 5.50. The van der Waals surface area contributed by atoms with Crippen LogP contribution in [0.15, 0.2) is 41.2 Å². The van der Waals surface area contributed by atoms with E-state index in [-0.39, 0.29) is 5.41 Å². The van der Waals surface area contributed by atoms with E-state index < -0.39 is 8.07 Å². The lowest BCUT2D eigenvalue weighted by atomic mass is 9.84. The third kappa shape index (κ3) is 3.69. The van der Waals surface area contributed by atoms with Gasteiger partial charge in [0.05, 0.1) is 14.8 Å². The number of hydrogen-bond donors (Lipinski definition) is 0. The number of nitrogens with zero attached hydrogens (tertiary/aromatic N) is 1. The van der Waals surface area contributed by atoms with Gasteiger partial charge in [0.2, 0.25) is 0 Å². The Morgan fingerprint density at radius 2 is 1.70 bits per heavy atom. The van der Waals surface area contributed by atoms with Crippen molar-refractivity contribution in [3.8, 4) is 0 Å². The zero-order chi connectivity index (χ0) is 17.6. The van der Waals surface area contributed by atoms with Crippen LogP contribution in [0.4, 0.5) is 0 Å². The molecule has 0 N–H and O–H groups in total. The molecule has 0 unspecified atom stereocenters. The molecule has 0 radical (unpaired) electrons. The van der Waals surface area contributed by atoms with Crippen LogP contribution in [0.3, 0.4) is 0 Å². The number of hydrogen-bond acceptors (Lipinski definition) is 0. The maximum absolute atomic E-state index is 4.28. The minimum absolute atomic E-state index is 0.155. The van der Waals surface area contributed by atoms with Crippen LogP contribution < -0.4 is 0 Å². The molecule has 1 aromatic carbocycles. The predicted molar refractivity (Wildman–Crippen MR) is 105 cm³/mol. The molecule has 1 aliphatic heterocycles.